The predicted octanol–water partition coefficient (Wildman–Crippen LogP) is 2.55. The van der Waals surface area contributed by atoms with Crippen molar-refractivity contribution in [2.24, 2.45) is 0 Å². The van der Waals surface area contributed by atoms with Crippen LogP contribution >= 0.6 is 0 Å². The molecule has 0 radical (unpaired) electrons. The van der Waals surface area contributed by atoms with E-state index >= 15 is 0 Å². The maximum atomic E-state index is 5.17. The summed E-state index contributed by atoms with van der Waals surface area (Å²) in [5.41, 5.74) is 3.26. The fraction of sp³-hybridized carbons (Fsp3) is 0.400. The van der Waals surface area contributed by atoms with Gasteiger partial charge in [0, 0.05) is 17.7 Å². The SMILES string of the molecule is CNCCCc1nc(-c2ccc(OC)cc2)c(C)[nH]1. The summed E-state index contributed by atoms with van der Waals surface area (Å²) < 4.78 is 5.17. The Hall–Kier alpha value is -1.81. The van der Waals surface area contributed by atoms with Crippen LogP contribution in [0.4, 0.5) is 0 Å². The lowest BCUT2D eigenvalue weighted by molar-refractivity contribution is 0.415. The number of H-pyrrole nitrogens is 1. The van der Waals surface area contributed by atoms with E-state index in [0.717, 1.165) is 47.9 Å². The van der Waals surface area contributed by atoms with E-state index in [1.165, 1.54) is 0 Å². The Morgan fingerprint density at radius 2 is 2.00 bits per heavy atom. The number of imidazole rings is 1. The van der Waals surface area contributed by atoms with Gasteiger partial charge in [0.1, 0.15) is 11.6 Å². The van der Waals surface area contributed by atoms with Crippen molar-refractivity contribution in [1.29, 1.82) is 0 Å². The van der Waals surface area contributed by atoms with Crippen molar-refractivity contribution in [3.05, 3.63) is 35.8 Å². The van der Waals surface area contributed by atoms with Crippen LogP contribution in [0.3, 0.4) is 0 Å². The number of nitrogens with zero attached hydrogens (tertiary/aromatic N) is 1. The zero-order chi connectivity index (χ0) is 13.7. The normalized spacial score (nSPS) is 10.7. The molecule has 19 heavy (non-hydrogen) atoms. The first kappa shape index (κ1) is 13.6. The fourth-order valence-corrected chi connectivity index (χ4v) is 2.10. The molecule has 0 fully saturated rings. The lowest BCUT2D eigenvalue weighted by atomic mass is 10.1. The maximum absolute atomic E-state index is 5.17. The Balaban J connectivity index is 2.14. The van der Waals surface area contributed by atoms with Crippen molar-refractivity contribution >= 4 is 0 Å². The minimum absolute atomic E-state index is 0.867. The number of aromatic amines is 1. The third-order valence-corrected chi connectivity index (χ3v) is 3.14. The van der Waals surface area contributed by atoms with Crippen LogP contribution in [0.15, 0.2) is 24.3 Å². The summed E-state index contributed by atoms with van der Waals surface area (Å²) in [5.74, 6) is 1.92. The van der Waals surface area contributed by atoms with Crippen LogP contribution in [0.2, 0.25) is 0 Å². The quantitative estimate of drug-likeness (QED) is 0.784. The standard InChI is InChI=1S/C15H21N3O/c1-11-15(12-6-8-13(19-3)9-7-12)18-14(17-11)5-4-10-16-2/h6-9,16H,4-5,10H2,1-3H3,(H,17,18). The summed E-state index contributed by atoms with van der Waals surface area (Å²) in [5, 5.41) is 3.15. The van der Waals surface area contributed by atoms with Gasteiger partial charge in [-0.1, -0.05) is 0 Å². The number of ether oxygens (including phenoxy) is 1. The van der Waals surface area contributed by atoms with Gasteiger partial charge < -0.3 is 15.0 Å². The van der Waals surface area contributed by atoms with Gasteiger partial charge in [0.25, 0.3) is 0 Å². The number of nitrogens with one attached hydrogen (secondary N) is 2. The molecule has 4 nitrogen and oxygen atoms in total. The number of methoxy groups -OCH3 is 1. The largest absolute Gasteiger partial charge is 0.497 e. The van der Waals surface area contributed by atoms with E-state index in [0.29, 0.717) is 0 Å². The average molecular weight is 259 g/mol. The van der Waals surface area contributed by atoms with Gasteiger partial charge in [-0.05, 0) is 51.2 Å². The fourth-order valence-electron chi connectivity index (χ4n) is 2.10. The van der Waals surface area contributed by atoms with Gasteiger partial charge in [-0.15, -0.1) is 0 Å². The summed E-state index contributed by atoms with van der Waals surface area (Å²) in [6.07, 6.45) is 2.06. The highest BCUT2D eigenvalue weighted by atomic mass is 16.5. The second-order valence-corrected chi connectivity index (χ2v) is 4.59. The minimum Gasteiger partial charge on any atom is -0.497 e. The van der Waals surface area contributed by atoms with Crippen LogP contribution < -0.4 is 10.1 Å². The number of aryl methyl sites for hydroxylation is 2. The molecule has 0 saturated carbocycles. The molecular formula is C15H21N3O. The maximum Gasteiger partial charge on any atom is 0.118 e. The van der Waals surface area contributed by atoms with Crippen LogP contribution in [-0.4, -0.2) is 30.7 Å². The van der Waals surface area contributed by atoms with Gasteiger partial charge in [-0.2, -0.15) is 0 Å². The van der Waals surface area contributed by atoms with E-state index in [9.17, 15) is 0 Å². The Bertz CT molecular complexity index is 517. The molecule has 2 rings (SSSR count). The Morgan fingerprint density at radius 1 is 1.26 bits per heavy atom. The highest BCUT2D eigenvalue weighted by Crippen LogP contribution is 2.23. The van der Waals surface area contributed by atoms with Crippen LogP contribution in [0.25, 0.3) is 11.3 Å². The highest BCUT2D eigenvalue weighted by Gasteiger charge is 2.08. The van der Waals surface area contributed by atoms with Gasteiger partial charge in [0.05, 0.1) is 12.8 Å². The third-order valence-electron chi connectivity index (χ3n) is 3.14. The van der Waals surface area contributed by atoms with Crippen molar-refractivity contribution in [3.63, 3.8) is 0 Å². The molecule has 1 aromatic heterocycles. The number of hydrogen-bond acceptors (Lipinski definition) is 3. The summed E-state index contributed by atoms with van der Waals surface area (Å²) in [7, 11) is 3.64. The van der Waals surface area contributed by atoms with Crippen LogP contribution in [0, 0.1) is 6.92 Å². The zero-order valence-electron chi connectivity index (χ0n) is 11.8. The molecule has 102 valence electrons. The van der Waals surface area contributed by atoms with Crippen molar-refractivity contribution in [2.45, 2.75) is 19.8 Å². The van der Waals surface area contributed by atoms with Gasteiger partial charge in [-0.3, -0.25) is 0 Å². The lowest BCUT2D eigenvalue weighted by Crippen LogP contribution is -2.08. The van der Waals surface area contributed by atoms with Gasteiger partial charge in [0.15, 0.2) is 0 Å². The Kier molecular flexibility index (Phi) is 4.58. The molecule has 0 atom stereocenters. The second-order valence-electron chi connectivity index (χ2n) is 4.59. The molecule has 0 unspecified atom stereocenters. The first-order chi connectivity index (χ1) is 9.24. The summed E-state index contributed by atoms with van der Waals surface area (Å²) in [6.45, 7) is 3.08. The number of hydrogen-bond donors (Lipinski definition) is 2. The lowest BCUT2D eigenvalue weighted by Gasteiger charge is -2.01. The topological polar surface area (TPSA) is 49.9 Å². The molecule has 0 aliphatic rings. The van der Waals surface area contributed by atoms with Crippen LogP contribution in [0.5, 0.6) is 5.75 Å². The highest BCUT2D eigenvalue weighted by molar-refractivity contribution is 5.62. The molecular weight excluding hydrogens is 238 g/mol. The molecule has 0 spiro atoms. The van der Waals surface area contributed by atoms with E-state index in [1.807, 2.05) is 31.3 Å². The van der Waals surface area contributed by atoms with E-state index in [2.05, 4.69) is 22.2 Å². The molecule has 0 aliphatic heterocycles. The van der Waals surface area contributed by atoms with E-state index in [1.54, 1.807) is 7.11 Å². The molecule has 2 N–H and O–H groups in total. The molecule has 2 aromatic rings. The van der Waals surface area contributed by atoms with Gasteiger partial charge in [-0.25, -0.2) is 4.98 Å². The average Bonchev–Trinajstić information content (AvgIpc) is 2.80. The van der Waals surface area contributed by atoms with Crippen molar-refractivity contribution in [3.8, 4) is 17.0 Å². The summed E-state index contributed by atoms with van der Waals surface area (Å²) in [6, 6.07) is 8.01. The zero-order valence-corrected chi connectivity index (χ0v) is 11.8. The monoisotopic (exact) mass is 259 g/mol. The summed E-state index contributed by atoms with van der Waals surface area (Å²) in [4.78, 5) is 8.04. The number of aromatic nitrogens is 2. The summed E-state index contributed by atoms with van der Waals surface area (Å²) >= 11 is 0. The van der Waals surface area contributed by atoms with E-state index in [4.69, 9.17) is 4.74 Å². The van der Waals surface area contributed by atoms with Crippen LogP contribution in [0.1, 0.15) is 17.9 Å². The molecule has 4 heteroatoms. The third kappa shape index (κ3) is 3.35. The molecule has 0 amide bonds. The molecule has 0 aliphatic carbocycles. The molecule has 0 saturated heterocycles. The van der Waals surface area contributed by atoms with E-state index < -0.39 is 0 Å². The smallest absolute Gasteiger partial charge is 0.118 e. The first-order valence-corrected chi connectivity index (χ1v) is 6.59. The van der Waals surface area contributed by atoms with Gasteiger partial charge >= 0.3 is 0 Å². The van der Waals surface area contributed by atoms with Crippen molar-refractivity contribution in [2.75, 3.05) is 20.7 Å². The molecule has 0 bridgehead atoms. The Morgan fingerprint density at radius 3 is 2.63 bits per heavy atom. The molecule has 1 aromatic carbocycles. The Labute approximate surface area is 114 Å². The van der Waals surface area contributed by atoms with Crippen molar-refractivity contribution in [1.82, 2.24) is 15.3 Å². The second kappa shape index (κ2) is 6.38. The van der Waals surface area contributed by atoms with E-state index in [-0.39, 0.29) is 0 Å². The van der Waals surface area contributed by atoms with Crippen LogP contribution in [-0.2, 0) is 6.42 Å². The minimum atomic E-state index is 0.867. The molecule has 1 heterocycles. The predicted molar refractivity (Wildman–Crippen MR) is 77.6 cm³/mol. The first-order valence-electron chi connectivity index (χ1n) is 6.59. The number of benzene rings is 1. The van der Waals surface area contributed by atoms with Crippen molar-refractivity contribution < 1.29 is 4.74 Å². The van der Waals surface area contributed by atoms with Gasteiger partial charge in [0.2, 0.25) is 0 Å². The number of rotatable bonds is 6.